The molecule has 0 heterocycles. The second-order valence-electron chi connectivity index (χ2n) is 10.0. The van der Waals surface area contributed by atoms with E-state index in [-0.39, 0.29) is 0 Å². The first kappa shape index (κ1) is 23.7. The second kappa shape index (κ2) is 8.35. The van der Waals surface area contributed by atoms with Gasteiger partial charge in [0.15, 0.2) is 11.5 Å². The molecule has 0 spiro atoms. The zero-order valence-electron chi connectivity index (χ0n) is 18.7. The predicted octanol–water partition coefficient (Wildman–Crippen LogP) is 5.89. The van der Waals surface area contributed by atoms with Crippen molar-refractivity contribution in [1.82, 2.24) is 0 Å². The molecule has 1 rings (SSSR count). The summed E-state index contributed by atoms with van der Waals surface area (Å²) in [5.74, 6) is 0.949. The highest BCUT2D eigenvalue weighted by Crippen LogP contribution is 2.34. The minimum absolute atomic E-state index is 0.435. The Bertz CT molecular complexity index is 566. The van der Waals surface area contributed by atoms with Crippen molar-refractivity contribution in [1.29, 1.82) is 0 Å². The standard InChI is InChI=1S/C21H36O6/c1-18(2,3)24-22-16-12-15(21(10,11)27-26-20(7,8)9)13-17(14-16)23-25-19(4,5)6/h12-14H,1-11H3. The fourth-order valence-electron chi connectivity index (χ4n) is 1.64. The molecule has 0 saturated heterocycles. The maximum absolute atomic E-state index is 5.69. The SMILES string of the molecule is CC(C)(C)OOc1cc(OOC(C)(C)C)cc(C(C)(C)OOC(C)(C)C)c1. The van der Waals surface area contributed by atoms with Gasteiger partial charge in [0.05, 0.1) is 5.60 Å². The van der Waals surface area contributed by atoms with Crippen molar-refractivity contribution in [3.05, 3.63) is 23.8 Å². The predicted molar refractivity (Wildman–Crippen MR) is 104 cm³/mol. The summed E-state index contributed by atoms with van der Waals surface area (Å²) in [6.45, 7) is 21.0. The van der Waals surface area contributed by atoms with Gasteiger partial charge in [0.1, 0.15) is 16.8 Å². The normalized spacial score (nSPS) is 13.6. The van der Waals surface area contributed by atoms with Crippen molar-refractivity contribution in [2.45, 2.75) is 98.6 Å². The van der Waals surface area contributed by atoms with Gasteiger partial charge >= 0.3 is 0 Å². The molecule has 0 amide bonds. The summed E-state index contributed by atoms with van der Waals surface area (Å²) in [4.78, 5) is 33.0. The molecule has 0 aliphatic carbocycles. The first-order valence-corrected chi connectivity index (χ1v) is 9.21. The minimum atomic E-state index is -0.756. The van der Waals surface area contributed by atoms with Crippen molar-refractivity contribution in [2.24, 2.45) is 0 Å². The largest absolute Gasteiger partial charge is 0.337 e. The third kappa shape index (κ3) is 9.96. The third-order valence-corrected chi connectivity index (χ3v) is 2.85. The summed E-state index contributed by atoms with van der Waals surface area (Å²) >= 11 is 0. The molecule has 0 aliphatic rings. The topological polar surface area (TPSA) is 55.4 Å². The van der Waals surface area contributed by atoms with Crippen LogP contribution in [-0.2, 0) is 25.2 Å². The maximum atomic E-state index is 5.69. The van der Waals surface area contributed by atoms with Crippen LogP contribution in [0.15, 0.2) is 18.2 Å². The van der Waals surface area contributed by atoms with Gasteiger partial charge in [-0.1, -0.05) is 0 Å². The van der Waals surface area contributed by atoms with Crippen molar-refractivity contribution in [2.75, 3.05) is 0 Å². The lowest BCUT2D eigenvalue weighted by Crippen LogP contribution is -2.29. The van der Waals surface area contributed by atoms with Crippen LogP contribution in [0.25, 0.3) is 0 Å². The van der Waals surface area contributed by atoms with Crippen LogP contribution in [0.4, 0.5) is 0 Å². The molecule has 0 bridgehead atoms. The smallest absolute Gasteiger partial charge is 0.169 e. The highest BCUT2D eigenvalue weighted by atomic mass is 17.2. The Morgan fingerprint density at radius 3 is 1.19 bits per heavy atom. The van der Waals surface area contributed by atoms with Crippen molar-refractivity contribution < 1.29 is 29.3 Å². The monoisotopic (exact) mass is 384 g/mol. The average molecular weight is 385 g/mol. The van der Waals surface area contributed by atoms with Crippen LogP contribution in [-0.4, -0.2) is 16.8 Å². The summed E-state index contributed by atoms with van der Waals surface area (Å²) < 4.78 is 0. The lowest BCUT2D eigenvalue weighted by atomic mass is 9.98. The first-order chi connectivity index (χ1) is 12.0. The fourth-order valence-corrected chi connectivity index (χ4v) is 1.64. The van der Waals surface area contributed by atoms with E-state index in [9.17, 15) is 0 Å². The molecule has 0 N–H and O–H groups in total. The molecule has 27 heavy (non-hydrogen) atoms. The van der Waals surface area contributed by atoms with Gasteiger partial charge in [0.25, 0.3) is 0 Å². The summed E-state index contributed by atoms with van der Waals surface area (Å²) in [7, 11) is 0. The summed E-state index contributed by atoms with van der Waals surface area (Å²) in [5, 5.41) is 0. The highest BCUT2D eigenvalue weighted by molar-refractivity contribution is 5.40. The van der Waals surface area contributed by atoms with Crippen LogP contribution in [0, 0.1) is 0 Å². The van der Waals surface area contributed by atoms with E-state index in [2.05, 4.69) is 0 Å². The van der Waals surface area contributed by atoms with Gasteiger partial charge in [0, 0.05) is 6.07 Å². The minimum Gasteiger partial charge on any atom is -0.337 e. The van der Waals surface area contributed by atoms with E-state index in [0.717, 1.165) is 5.56 Å². The van der Waals surface area contributed by atoms with E-state index in [4.69, 9.17) is 29.3 Å². The first-order valence-electron chi connectivity index (χ1n) is 9.21. The van der Waals surface area contributed by atoms with Gasteiger partial charge in [0.2, 0.25) is 0 Å². The lowest BCUT2D eigenvalue weighted by molar-refractivity contribution is -0.401. The Hall–Kier alpha value is -1.34. The molecule has 0 aromatic heterocycles. The molecule has 6 heteroatoms. The van der Waals surface area contributed by atoms with E-state index in [0.29, 0.717) is 11.5 Å². The zero-order valence-corrected chi connectivity index (χ0v) is 18.7. The molecule has 0 atom stereocenters. The van der Waals surface area contributed by atoms with Gasteiger partial charge in [-0.05, 0) is 93.9 Å². The van der Waals surface area contributed by atoms with E-state index < -0.39 is 22.4 Å². The number of rotatable bonds is 7. The molecule has 1 aromatic rings. The van der Waals surface area contributed by atoms with Crippen LogP contribution < -0.4 is 9.78 Å². The molecular weight excluding hydrogens is 348 g/mol. The Labute approximate surface area is 163 Å². The Balaban J connectivity index is 3.12. The molecule has 0 saturated carbocycles. The van der Waals surface area contributed by atoms with E-state index >= 15 is 0 Å². The van der Waals surface area contributed by atoms with Gasteiger partial charge in [-0.3, -0.25) is 0 Å². The Morgan fingerprint density at radius 1 is 0.481 bits per heavy atom. The molecule has 0 fully saturated rings. The zero-order chi connectivity index (χ0) is 21.1. The molecular formula is C21H36O6. The van der Waals surface area contributed by atoms with Gasteiger partial charge in [-0.2, -0.15) is 9.78 Å². The highest BCUT2D eigenvalue weighted by Gasteiger charge is 2.28. The van der Waals surface area contributed by atoms with Crippen molar-refractivity contribution in [3.63, 3.8) is 0 Å². The van der Waals surface area contributed by atoms with Crippen LogP contribution in [0.1, 0.15) is 81.7 Å². The summed E-state index contributed by atoms with van der Waals surface area (Å²) in [5.41, 5.74) is -1.32. The maximum Gasteiger partial charge on any atom is 0.169 e. The fraction of sp³-hybridized carbons (Fsp3) is 0.714. The molecule has 0 unspecified atom stereocenters. The second-order valence-corrected chi connectivity index (χ2v) is 10.0. The molecule has 0 aliphatic heterocycles. The Morgan fingerprint density at radius 2 is 0.852 bits per heavy atom. The summed E-state index contributed by atoms with van der Waals surface area (Å²) in [6.07, 6.45) is 0. The molecule has 1 aromatic carbocycles. The Kier molecular flexibility index (Phi) is 7.33. The van der Waals surface area contributed by atoms with Crippen LogP contribution in [0.2, 0.25) is 0 Å². The van der Waals surface area contributed by atoms with E-state index in [1.54, 1.807) is 6.07 Å². The van der Waals surface area contributed by atoms with E-state index in [1.807, 2.05) is 88.3 Å². The van der Waals surface area contributed by atoms with Crippen molar-refractivity contribution in [3.8, 4) is 11.5 Å². The third-order valence-electron chi connectivity index (χ3n) is 2.85. The summed E-state index contributed by atoms with van der Waals surface area (Å²) in [6, 6.07) is 5.34. The lowest BCUT2D eigenvalue weighted by Gasteiger charge is -2.29. The molecule has 0 radical (unpaired) electrons. The number of benzene rings is 1. The van der Waals surface area contributed by atoms with Crippen LogP contribution >= 0.6 is 0 Å². The van der Waals surface area contributed by atoms with Gasteiger partial charge < -0.3 is 9.78 Å². The average Bonchev–Trinajstić information content (AvgIpc) is 2.47. The van der Waals surface area contributed by atoms with Gasteiger partial charge in [-0.15, -0.1) is 0 Å². The van der Waals surface area contributed by atoms with Crippen molar-refractivity contribution >= 4 is 0 Å². The van der Waals surface area contributed by atoms with E-state index in [1.165, 1.54) is 0 Å². The quantitative estimate of drug-likeness (QED) is 0.432. The molecule has 156 valence electrons. The number of hydrogen-bond donors (Lipinski definition) is 0. The van der Waals surface area contributed by atoms with Crippen LogP contribution in [0.3, 0.4) is 0 Å². The molecule has 6 nitrogen and oxygen atoms in total. The van der Waals surface area contributed by atoms with Gasteiger partial charge in [-0.25, -0.2) is 9.78 Å². The van der Waals surface area contributed by atoms with Crippen LogP contribution in [0.5, 0.6) is 11.5 Å². The number of hydrogen-bond acceptors (Lipinski definition) is 6.